The molecule has 9 heteroatoms. The highest BCUT2D eigenvalue weighted by Gasteiger charge is 2.28. The Balaban J connectivity index is 1.56. The molecule has 0 bridgehead atoms. The van der Waals surface area contributed by atoms with Gasteiger partial charge < -0.3 is 9.32 Å². The molecule has 136 valence electrons. The van der Waals surface area contributed by atoms with Crippen molar-refractivity contribution in [1.82, 2.24) is 24.2 Å². The summed E-state index contributed by atoms with van der Waals surface area (Å²) in [5.74, 6) is -0.512. The van der Waals surface area contributed by atoms with E-state index in [4.69, 9.17) is 4.42 Å². The summed E-state index contributed by atoms with van der Waals surface area (Å²) in [5, 5.41) is 6.13. The van der Waals surface area contributed by atoms with E-state index in [1.54, 1.807) is 16.5 Å². The van der Waals surface area contributed by atoms with Gasteiger partial charge in [-0.05, 0) is 25.0 Å². The topological polar surface area (TPSA) is 106 Å². The minimum Gasteiger partial charge on any atom is -0.392 e. The highest BCUT2D eigenvalue weighted by Crippen LogP contribution is 2.25. The number of aromatic amines is 1. The summed E-state index contributed by atoms with van der Waals surface area (Å²) in [4.78, 5) is 38.1. The number of aryl methyl sites for hydroxylation is 1. The summed E-state index contributed by atoms with van der Waals surface area (Å²) in [6.07, 6.45) is 1.59. The van der Waals surface area contributed by atoms with Gasteiger partial charge in [0.2, 0.25) is 11.8 Å². The van der Waals surface area contributed by atoms with Crippen molar-refractivity contribution in [3.8, 4) is 0 Å². The van der Waals surface area contributed by atoms with E-state index in [1.165, 1.54) is 4.57 Å². The first-order valence-corrected chi connectivity index (χ1v) is 8.52. The highest BCUT2D eigenvalue weighted by molar-refractivity contribution is 5.81. The molecule has 26 heavy (non-hydrogen) atoms. The molecular weight excluding hydrogens is 338 g/mol. The molecule has 1 amide bonds. The number of likely N-dealkylation sites (tertiary alicyclic amines) is 1. The average molecular weight is 357 g/mol. The smallest absolute Gasteiger partial charge is 0.392 e. The Kier molecular flexibility index (Phi) is 3.98. The SMILES string of the molecule is Cn1c(=O)n(CC(=O)N2CCCC(c3n[nH]c(=O)o3)C2)c2ccccc21. The Bertz CT molecular complexity index is 1070. The summed E-state index contributed by atoms with van der Waals surface area (Å²) in [6, 6.07) is 7.40. The maximum absolute atomic E-state index is 12.8. The van der Waals surface area contributed by atoms with Crippen LogP contribution in [-0.4, -0.2) is 43.2 Å². The number of amides is 1. The van der Waals surface area contributed by atoms with Crippen molar-refractivity contribution in [1.29, 1.82) is 0 Å². The zero-order chi connectivity index (χ0) is 18.3. The number of fused-ring (bicyclic) bond motifs is 1. The minimum atomic E-state index is -0.592. The summed E-state index contributed by atoms with van der Waals surface area (Å²) in [5.41, 5.74) is 1.31. The van der Waals surface area contributed by atoms with Gasteiger partial charge in [0.05, 0.1) is 17.0 Å². The lowest BCUT2D eigenvalue weighted by molar-refractivity contribution is -0.133. The van der Waals surface area contributed by atoms with Gasteiger partial charge in [-0.15, -0.1) is 5.10 Å². The Morgan fingerprint density at radius 3 is 2.81 bits per heavy atom. The molecule has 3 heterocycles. The van der Waals surface area contributed by atoms with Gasteiger partial charge in [-0.1, -0.05) is 12.1 Å². The fourth-order valence-corrected chi connectivity index (χ4v) is 3.57. The monoisotopic (exact) mass is 357 g/mol. The van der Waals surface area contributed by atoms with Crippen LogP contribution in [0.5, 0.6) is 0 Å². The van der Waals surface area contributed by atoms with Crippen molar-refractivity contribution in [3.63, 3.8) is 0 Å². The number of nitrogens with one attached hydrogen (secondary N) is 1. The third kappa shape index (κ3) is 2.75. The lowest BCUT2D eigenvalue weighted by atomic mass is 9.98. The molecule has 9 nitrogen and oxygen atoms in total. The first kappa shape index (κ1) is 16.4. The fraction of sp³-hybridized carbons (Fsp3) is 0.412. The molecule has 0 spiro atoms. The van der Waals surface area contributed by atoms with Gasteiger partial charge in [0.15, 0.2) is 0 Å². The van der Waals surface area contributed by atoms with Crippen LogP contribution < -0.4 is 11.4 Å². The van der Waals surface area contributed by atoms with Gasteiger partial charge >= 0.3 is 11.4 Å². The molecule has 1 aliphatic rings. The van der Waals surface area contributed by atoms with Gasteiger partial charge in [-0.3, -0.25) is 13.9 Å². The van der Waals surface area contributed by atoms with Crippen LogP contribution in [0.4, 0.5) is 0 Å². The molecule has 2 aromatic heterocycles. The number of nitrogens with zero attached hydrogens (tertiary/aromatic N) is 4. The van der Waals surface area contributed by atoms with Crippen LogP contribution in [0.2, 0.25) is 0 Å². The normalized spacial score (nSPS) is 17.7. The standard InChI is InChI=1S/C17H19N5O4/c1-20-12-6-2-3-7-13(12)22(17(20)25)10-14(23)21-8-4-5-11(9-21)15-18-19-16(24)26-15/h2-3,6-7,11H,4-5,8-10H2,1H3,(H,19,24). The molecule has 1 N–H and O–H groups in total. The highest BCUT2D eigenvalue weighted by atomic mass is 16.4. The second kappa shape index (κ2) is 6.32. The van der Waals surface area contributed by atoms with Gasteiger partial charge in [0, 0.05) is 20.1 Å². The van der Waals surface area contributed by atoms with Gasteiger partial charge in [-0.25, -0.2) is 14.7 Å². The van der Waals surface area contributed by atoms with Gasteiger partial charge in [0.25, 0.3) is 0 Å². The van der Waals surface area contributed by atoms with E-state index < -0.39 is 5.76 Å². The molecular formula is C17H19N5O4. The van der Waals surface area contributed by atoms with E-state index in [-0.39, 0.29) is 24.1 Å². The third-order valence-corrected chi connectivity index (χ3v) is 4.92. The number of carbonyl (C=O) groups is 1. The molecule has 1 aromatic carbocycles. The van der Waals surface area contributed by atoms with Gasteiger partial charge in [0.1, 0.15) is 6.54 Å². The van der Waals surface area contributed by atoms with Crippen LogP contribution in [0.25, 0.3) is 11.0 Å². The van der Waals surface area contributed by atoms with Crippen molar-refractivity contribution < 1.29 is 9.21 Å². The molecule has 0 radical (unpaired) electrons. The van der Waals surface area contributed by atoms with E-state index >= 15 is 0 Å². The van der Waals surface area contributed by atoms with Crippen LogP contribution in [0.3, 0.4) is 0 Å². The molecule has 1 saturated heterocycles. The van der Waals surface area contributed by atoms with Crippen molar-refractivity contribution in [2.24, 2.45) is 7.05 Å². The predicted molar refractivity (Wildman–Crippen MR) is 92.9 cm³/mol. The number of hydrogen-bond donors (Lipinski definition) is 1. The van der Waals surface area contributed by atoms with Crippen molar-refractivity contribution in [2.45, 2.75) is 25.3 Å². The summed E-state index contributed by atoms with van der Waals surface area (Å²) < 4.78 is 8.07. The van der Waals surface area contributed by atoms with E-state index in [1.807, 2.05) is 24.3 Å². The quantitative estimate of drug-likeness (QED) is 0.731. The van der Waals surface area contributed by atoms with Crippen LogP contribution in [0, 0.1) is 0 Å². The van der Waals surface area contributed by atoms with Crippen LogP contribution >= 0.6 is 0 Å². The van der Waals surface area contributed by atoms with Crippen molar-refractivity contribution >= 4 is 16.9 Å². The Morgan fingerprint density at radius 1 is 1.31 bits per heavy atom. The number of piperidine rings is 1. The Hall–Kier alpha value is -3.10. The first-order valence-electron chi connectivity index (χ1n) is 8.52. The van der Waals surface area contributed by atoms with Crippen LogP contribution in [0.1, 0.15) is 24.7 Å². The summed E-state index contributed by atoms with van der Waals surface area (Å²) in [7, 11) is 1.70. The van der Waals surface area contributed by atoms with Crippen molar-refractivity contribution in [2.75, 3.05) is 13.1 Å². The van der Waals surface area contributed by atoms with E-state index in [0.29, 0.717) is 19.0 Å². The van der Waals surface area contributed by atoms with Crippen LogP contribution in [0.15, 0.2) is 38.3 Å². The lowest BCUT2D eigenvalue weighted by Gasteiger charge is -2.31. The molecule has 4 rings (SSSR count). The summed E-state index contributed by atoms with van der Waals surface area (Å²) in [6.45, 7) is 1.02. The molecule has 1 fully saturated rings. The Labute approximate surface area is 147 Å². The maximum Gasteiger partial charge on any atom is 0.434 e. The maximum atomic E-state index is 12.8. The average Bonchev–Trinajstić information content (AvgIpc) is 3.20. The molecule has 1 unspecified atom stereocenters. The summed E-state index contributed by atoms with van der Waals surface area (Å²) >= 11 is 0. The second-order valence-electron chi connectivity index (χ2n) is 6.55. The number of benzene rings is 1. The zero-order valence-corrected chi connectivity index (χ0v) is 14.3. The molecule has 3 aromatic rings. The predicted octanol–water partition coefficient (Wildman–Crippen LogP) is 0.422. The number of H-pyrrole nitrogens is 1. The third-order valence-electron chi connectivity index (χ3n) is 4.92. The number of hydrogen-bond acceptors (Lipinski definition) is 5. The number of aromatic nitrogens is 4. The molecule has 1 aliphatic heterocycles. The minimum absolute atomic E-state index is 0.0164. The van der Waals surface area contributed by atoms with Crippen LogP contribution in [-0.2, 0) is 18.4 Å². The Morgan fingerprint density at radius 2 is 2.08 bits per heavy atom. The van der Waals surface area contributed by atoms with E-state index in [0.717, 1.165) is 23.9 Å². The number of rotatable bonds is 3. The largest absolute Gasteiger partial charge is 0.434 e. The second-order valence-corrected chi connectivity index (χ2v) is 6.55. The van der Waals surface area contributed by atoms with Crippen molar-refractivity contribution in [3.05, 3.63) is 51.2 Å². The van der Waals surface area contributed by atoms with E-state index in [2.05, 4.69) is 10.2 Å². The molecule has 0 aliphatic carbocycles. The number of para-hydroxylation sites is 2. The number of carbonyl (C=O) groups excluding carboxylic acids is 1. The molecule has 0 saturated carbocycles. The van der Waals surface area contributed by atoms with Gasteiger partial charge in [-0.2, -0.15) is 0 Å². The molecule has 1 atom stereocenters. The lowest BCUT2D eigenvalue weighted by Crippen LogP contribution is -2.42. The zero-order valence-electron chi connectivity index (χ0n) is 14.3. The first-order chi connectivity index (χ1) is 12.5. The fourth-order valence-electron chi connectivity index (χ4n) is 3.57. The van der Waals surface area contributed by atoms with E-state index in [9.17, 15) is 14.4 Å². The number of imidazole rings is 1.